The third kappa shape index (κ3) is 5.07. The van der Waals surface area contributed by atoms with Gasteiger partial charge in [-0.3, -0.25) is 0 Å². The second kappa shape index (κ2) is 7.17. The monoisotopic (exact) mass is 229 g/mol. The van der Waals surface area contributed by atoms with E-state index in [4.69, 9.17) is 0 Å². The maximum atomic E-state index is 11.9. The molecule has 0 aliphatic heterocycles. The fourth-order valence-electron chi connectivity index (χ4n) is 1.37. The average molecular weight is 229 g/mol. The van der Waals surface area contributed by atoms with Crippen LogP contribution in [0.1, 0.15) is 18.9 Å². The number of ether oxygens (including phenoxy) is 1. The van der Waals surface area contributed by atoms with Crippen molar-refractivity contribution in [3.63, 3.8) is 0 Å². The Morgan fingerprint density at radius 1 is 1.19 bits per heavy atom. The Hall–Kier alpha value is -1.16. The molecule has 0 unspecified atom stereocenters. The van der Waals surface area contributed by atoms with E-state index >= 15 is 0 Å². The smallest absolute Gasteiger partial charge is 0.387 e. The summed E-state index contributed by atoms with van der Waals surface area (Å²) >= 11 is 0. The van der Waals surface area contributed by atoms with E-state index in [9.17, 15) is 8.78 Å². The molecular formula is C12H17F2NO. The molecule has 0 saturated heterocycles. The normalized spacial score (nSPS) is 10.8. The van der Waals surface area contributed by atoms with Crippen LogP contribution < -0.4 is 10.1 Å². The summed E-state index contributed by atoms with van der Waals surface area (Å²) < 4.78 is 28.0. The molecule has 2 nitrogen and oxygen atoms in total. The molecule has 90 valence electrons. The van der Waals surface area contributed by atoms with Crippen LogP contribution in [0.15, 0.2) is 24.3 Å². The Balaban J connectivity index is 2.33. The second-order valence-corrected chi connectivity index (χ2v) is 3.52. The zero-order chi connectivity index (χ0) is 11.8. The van der Waals surface area contributed by atoms with Crippen molar-refractivity contribution in [3.8, 4) is 5.75 Å². The maximum Gasteiger partial charge on any atom is 0.387 e. The van der Waals surface area contributed by atoms with Crippen LogP contribution in [0, 0.1) is 0 Å². The van der Waals surface area contributed by atoms with Gasteiger partial charge in [0.15, 0.2) is 0 Å². The Morgan fingerprint density at radius 3 is 2.44 bits per heavy atom. The van der Waals surface area contributed by atoms with Crippen LogP contribution in [-0.2, 0) is 6.42 Å². The van der Waals surface area contributed by atoms with Gasteiger partial charge in [-0.2, -0.15) is 8.78 Å². The van der Waals surface area contributed by atoms with Gasteiger partial charge in [-0.25, -0.2) is 0 Å². The minimum Gasteiger partial charge on any atom is -0.435 e. The van der Waals surface area contributed by atoms with Crippen LogP contribution in [0.5, 0.6) is 5.75 Å². The molecule has 1 aromatic rings. The summed E-state index contributed by atoms with van der Waals surface area (Å²) in [5.74, 6) is 0.209. The lowest BCUT2D eigenvalue weighted by Gasteiger charge is -2.06. The highest BCUT2D eigenvalue weighted by Gasteiger charge is 2.03. The van der Waals surface area contributed by atoms with Gasteiger partial charge >= 0.3 is 6.61 Å². The number of benzene rings is 1. The predicted octanol–water partition coefficient (Wildman–Crippen LogP) is 2.83. The van der Waals surface area contributed by atoms with Crippen LogP contribution in [0.3, 0.4) is 0 Å². The van der Waals surface area contributed by atoms with Crippen molar-refractivity contribution in [2.75, 3.05) is 13.1 Å². The van der Waals surface area contributed by atoms with E-state index < -0.39 is 6.61 Å². The van der Waals surface area contributed by atoms with Crippen molar-refractivity contribution in [3.05, 3.63) is 29.8 Å². The van der Waals surface area contributed by atoms with Gasteiger partial charge in [-0.15, -0.1) is 0 Å². The molecule has 1 rings (SSSR count). The summed E-state index contributed by atoms with van der Waals surface area (Å²) in [6.07, 6.45) is 2.01. The van der Waals surface area contributed by atoms with E-state index in [1.54, 1.807) is 12.1 Å². The SMILES string of the molecule is CCCNCCc1ccc(OC(F)F)cc1. The van der Waals surface area contributed by atoms with Gasteiger partial charge in [0.05, 0.1) is 0 Å². The van der Waals surface area contributed by atoms with Crippen LogP contribution in [0.25, 0.3) is 0 Å². The molecule has 0 heterocycles. The quantitative estimate of drug-likeness (QED) is 0.726. The number of hydrogen-bond donors (Lipinski definition) is 1. The van der Waals surface area contributed by atoms with Gasteiger partial charge in [0, 0.05) is 0 Å². The first-order chi connectivity index (χ1) is 7.72. The molecule has 0 radical (unpaired) electrons. The summed E-state index contributed by atoms with van der Waals surface area (Å²) in [4.78, 5) is 0. The number of hydrogen-bond acceptors (Lipinski definition) is 2. The Bertz CT molecular complexity index is 288. The summed E-state index contributed by atoms with van der Waals surface area (Å²) in [5, 5.41) is 3.28. The molecule has 0 spiro atoms. The first kappa shape index (κ1) is 12.9. The standard InChI is InChI=1S/C12H17F2NO/c1-2-8-15-9-7-10-3-5-11(6-4-10)16-12(13)14/h3-6,12,15H,2,7-9H2,1H3. The van der Waals surface area contributed by atoms with Gasteiger partial charge in [-0.05, 0) is 43.6 Å². The minimum absolute atomic E-state index is 0.209. The van der Waals surface area contributed by atoms with E-state index in [1.807, 2.05) is 12.1 Å². The molecule has 4 heteroatoms. The van der Waals surface area contributed by atoms with Crippen LogP contribution in [0.2, 0.25) is 0 Å². The molecule has 0 aliphatic rings. The van der Waals surface area contributed by atoms with Crippen molar-refractivity contribution in [1.29, 1.82) is 0 Å². The summed E-state index contributed by atoms with van der Waals surface area (Å²) in [6.45, 7) is 1.27. The molecule has 0 aliphatic carbocycles. The van der Waals surface area contributed by atoms with Crippen molar-refractivity contribution in [2.24, 2.45) is 0 Å². The number of rotatable bonds is 7. The molecule has 0 fully saturated rings. The zero-order valence-electron chi connectivity index (χ0n) is 9.38. The van der Waals surface area contributed by atoms with Gasteiger partial charge in [0.25, 0.3) is 0 Å². The van der Waals surface area contributed by atoms with Crippen molar-refractivity contribution in [1.82, 2.24) is 5.32 Å². The van der Waals surface area contributed by atoms with Crippen LogP contribution in [-0.4, -0.2) is 19.7 Å². The molecule has 16 heavy (non-hydrogen) atoms. The lowest BCUT2D eigenvalue weighted by molar-refractivity contribution is -0.0498. The van der Waals surface area contributed by atoms with Crippen LogP contribution in [0.4, 0.5) is 8.78 Å². The highest BCUT2D eigenvalue weighted by Crippen LogP contribution is 2.14. The lowest BCUT2D eigenvalue weighted by Crippen LogP contribution is -2.17. The Morgan fingerprint density at radius 2 is 1.88 bits per heavy atom. The molecular weight excluding hydrogens is 212 g/mol. The largest absolute Gasteiger partial charge is 0.435 e. The molecule has 1 aromatic carbocycles. The van der Waals surface area contributed by atoms with E-state index in [-0.39, 0.29) is 5.75 Å². The highest BCUT2D eigenvalue weighted by atomic mass is 19.3. The van der Waals surface area contributed by atoms with E-state index in [2.05, 4.69) is 17.0 Å². The fraction of sp³-hybridized carbons (Fsp3) is 0.500. The molecule has 0 bridgehead atoms. The number of alkyl halides is 2. The topological polar surface area (TPSA) is 21.3 Å². The summed E-state index contributed by atoms with van der Waals surface area (Å²) in [6, 6.07) is 6.76. The van der Waals surface area contributed by atoms with E-state index in [0.29, 0.717) is 0 Å². The first-order valence-electron chi connectivity index (χ1n) is 5.47. The fourth-order valence-corrected chi connectivity index (χ4v) is 1.37. The molecule has 0 atom stereocenters. The van der Waals surface area contributed by atoms with Gasteiger partial charge < -0.3 is 10.1 Å². The Kier molecular flexibility index (Phi) is 5.78. The predicted molar refractivity (Wildman–Crippen MR) is 59.9 cm³/mol. The average Bonchev–Trinajstić information content (AvgIpc) is 2.26. The zero-order valence-corrected chi connectivity index (χ0v) is 9.38. The van der Waals surface area contributed by atoms with E-state index in [1.165, 1.54) is 0 Å². The lowest BCUT2D eigenvalue weighted by atomic mass is 10.1. The molecule has 0 aromatic heterocycles. The highest BCUT2D eigenvalue weighted by molar-refractivity contribution is 5.27. The van der Waals surface area contributed by atoms with Crippen molar-refractivity contribution >= 4 is 0 Å². The third-order valence-corrected chi connectivity index (χ3v) is 2.17. The van der Waals surface area contributed by atoms with Crippen LogP contribution >= 0.6 is 0 Å². The first-order valence-corrected chi connectivity index (χ1v) is 5.47. The molecule has 0 amide bonds. The van der Waals surface area contributed by atoms with E-state index in [0.717, 1.165) is 31.5 Å². The maximum absolute atomic E-state index is 11.9. The van der Waals surface area contributed by atoms with Gasteiger partial charge in [-0.1, -0.05) is 19.1 Å². The molecule has 1 N–H and O–H groups in total. The van der Waals surface area contributed by atoms with Crippen molar-refractivity contribution < 1.29 is 13.5 Å². The van der Waals surface area contributed by atoms with Crippen molar-refractivity contribution in [2.45, 2.75) is 26.4 Å². The third-order valence-electron chi connectivity index (χ3n) is 2.17. The Labute approximate surface area is 94.6 Å². The van der Waals surface area contributed by atoms with Gasteiger partial charge in [0.2, 0.25) is 0 Å². The second-order valence-electron chi connectivity index (χ2n) is 3.52. The molecule has 0 saturated carbocycles. The summed E-state index contributed by atoms with van der Waals surface area (Å²) in [5.41, 5.74) is 1.12. The minimum atomic E-state index is -2.75. The summed E-state index contributed by atoms with van der Waals surface area (Å²) in [7, 11) is 0. The number of nitrogens with one attached hydrogen (secondary N) is 1. The number of halogens is 2. The van der Waals surface area contributed by atoms with Gasteiger partial charge in [0.1, 0.15) is 5.75 Å².